The van der Waals surface area contributed by atoms with Crippen LogP contribution in [0, 0.1) is 0 Å². The molecule has 0 radical (unpaired) electrons. The molecule has 5 nitrogen and oxygen atoms in total. The summed E-state index contributed by atoms with van der Waals surface area (Å²) >= 11 is 5.93. The van der Waals surface area contributed by atoms with E-state index in [0.717, 1.165) is 32.0 Å². The fourth-order valence-corrected chi connectivity index (χ4v) is 1.83. The summed E-state index contributed by atoms with van der Waals surface area (Å²) in [6.07, 6.45) is 1.46. The molecular formula is C9H13ClN4O. The van der Waals surface area contributed by atoms with Crippen molar-refractivity contribution in [3.8, 4) is 5.75 Å². The number of hydrogen-bond donors (Lipinski definition) is 1. The summed E-state index contributed by atoms with van der Waals surface area (Å²) in [5.41, 5.74) is 0. The molecule has 6 heteroatoms. The van der Waals surface area contributed by atoms with E-state index < -0.39 is 0 Å². The van der Waals surface area contributed by atoms with Crippen LogP contribution in [-0.2, 0) is 0 Å². The Balaban J connectivity index is 2.29. The molecule has 1 aromatic rings. The van der Waals surface area contributed by atoms with Crippen molar-refractivity contribution in [2.24, 2.45) is 0 Å². The first-order chi connectivity index (χ1) is 7.33. The van der Waals surface area contributed by atoms with E-state index in [1.54, 1.807) is 7.11 Å². The van der Waals surface area contributed by atoms with E-state index in [9.17, 15) is 0 Å². The van der Waals surface area contributed by atoms with Gasteiger partial charge in [-0.1, -0.05) is 11.6 Å². The standard InChI is InChI=1S/C9H13ClN4O/c1-15-7-8(10)12-6-13-9(7)14-4-2-11-3-5-14/h6,11H,2-5H2,1H3. The van der Waals surface area contributed by atoms with Gasteiger partial charge in [-0.25, -0.2) is 9.97 Å². The summed E-state index contributed by atoms with van der Waals surface area (Å²) < 4.78 is 5.21. The van der Waals surface area contributed by atoms with E-state index in [0.29, 0.717) is 10.9 Å². The molecule has 82 valence electrons. The molecule has 1 aliphatic heterocycles. The number of methoxy groups -OCH3 is 1. The molecule has 1 fully saturated rings. The lowest BCUT2D eigenvalue weighted by molar-refractivity contribution is 0.409. The summed E-state index contributed by atoms with van der Waals surface area (Å²) in [5, 5.41) is 3.64. The van der Waals surface area contributed by atoms with E-state index in [-0.39, 0.29) is 0 Å². The van der Waals surface area contributed by atoms with Crippen LogP contribution in [0.4, 0.5) is 5.82 Å². The molecule has 0 spiro atoms. The zero-order chi connectivity index (χ0) is 10.7. The normalized spacial score (nSPS) is 16.5. The maximum atomic E-state index is 5.93. The van der Waals surface area contributed by atoms with E-state index in [2.05, 4.69) is 20.2 Å². The first-order valence-corrected chi connectivity index (χ1v) is 5.21. The van der Waals surface area contributed by atoms with Gasteiger partial charge >= 0.3 is 0 Å². The Morgan fingerprint density at radius 2 is 2.13 bits per heavy atom. The van der Waals surface area contributed by atoms with Gasteiger partial charge in [-0.3, -0.25) is 0 Å². The second-order valence-corrected chi connectivity index (χ2v) is 3.62. The van der Waals surface area contributed by atoms with Crippen molar-refractivity contribution in [1.29, 1.82) is 0 Å². The van der Waals surface area contributed by atoms with E-state index in [1.165, 1.54) is 6.33 Å². The van der Waals surface area contributed by atoms with Crippen molar-refractivity contribution in [1.82, 2.24) is 15.3 Å². The third kappa shape index (κ3) is 2.13. The molecule has 0 atom stereocenters. The number of piperazine rings is 1. The Labute approximate surface area is 93.4 Å². The maximum Gasteiger partial charge on any atom is 0.199 e. The van der Waals surface area contributed by atoms with Gasteiger partial charge in [0, 0.05) is 26.2 Å². The van der Waals surface area contributed by atoms with Crippen LogP contribution >= 0.6 is 11.6 Å². The molecule has 2 rings (SSSR count). The van der Waals surface area contributed by atoms with E-state index in [4.69, 9.17) is 16.3 Å². The lowest BCUT2D eigenvalue weighted by atomic mass is 10.3. The van der Waals surface area contributed by atoms with Crippen molar-refractivity contribution in [2.45, 2.75) is 0 Å². The highest BCUT2D eigenvalue weighted by Crippen LogP contribution is 2.31. The zero-order valence-corrected chi connectivity index (χ0v) is 9.29. The predicted octanol–water partition coefficient (Wildman–Crippen LogP) is 0.548. The van der Waals surface area contributed by atoms with Crippen LogP contribution in [0.25, 0.3) is 0 Å². The molecular weight excluding hydrogens is 216 g/mol. The van der Waals surface area contributed by atoms with Gasteiger partial charge in [0.05, 0.1) is 7.11 Å². The number of halogens is 1. The summed E-state index contributed by atoms with van der Waals surface area (Å²) in [4.78, 5) is 10.2. The lowest BCUT2D eigenvalue weighted by Crippen LogP contribution is -2.44. The Bertz CT molecular complexity index is 341. The van der Waals surface area contributed by atoms with Crippen LogP contribution in [0.1, 0.15) is 0 Å². The van der Waals surface area contributed by atoms with Crippen molar-refractivity contribution in [3.05, 3.63) is 11.5 Å². The smallest absolute Gasteiger partial charge is 0.199 e. The number of nitrogens with zero attached hydrogens (tertiary/aromatic N) is 3. The minimum atomic E-state index is 0.362. The van der Waals surface area contributed by atoms with Crippen LogP contribution in [-0.4, -0.2) is 43.3 Å². The SMILES string of the molecule is COc1c(Cl)ncnc1N1CCNCC1. The zero-order valence-electron chi connectivity index (χ0n) is 8.53. The molecule has 0 saturated carbocycles. The molecule has 0 unspecified atom stereocenters. The van der Waals surface area contributed by atoms with Gasteiger partial charge in [0.15, 0.2) is 16.7 Å². The molecule has 1 aromatic heterocycles. The second kappa shape index (κ2) is 4.63. The third-order valence-electron chi connectivity index (χ3n) is 2.36. The monoisotopic (exact) mass is 228 g/mol. The van der Waals surface area contributed by atoms with Gasteiger partial charge in [0.2, 0.25) is 0 Å². The van der Waals surface area contributed by atoms with Crippen LogP contribution in [0.2, 0.25) is 5.15 Å². The number of rotatable bonds is 2. The summed E-state index contributed by atoms with van der Waals surface area (Å²) in [6, 6.07) is 0. The lowest BCUT2D eigenvalue weighted by Gasteiger charge is -2.29. The van der Waals surface area contributed by atoms with Gasteiger partial charge in [-0.05, 0) is 0 Å². The molecule has 0 aromatic carbocycles. The molecule has 1 aliphatic rings. The molecule has 0 aliphatic carbocycles. The Morgan fingerprint density at radius 1 is 1.40 bits per heavy atom. The summed E-state index contributed by atoms with van der Waals surface area (Å²) in [6.45, 7) is 3.71. The average molecular weight is 229 g/mol. The van der Waals surface area contributed by atoms with Crippen molar-refractivity contribution in [3.63, 3.8) is 0 Å². The van der Waals surface area contributed by atoms with Crippen LogP contribution in [0.3, 0.4) is 0 Å². The highest BCUT2D eigenvalue weighted by Gasteiger charge is 2.18. The summed E-state index contributed by atoms with van der Waals surface area (Å²) in [5.74, 6) is 1.33. The van der Waals surface area contributed by atoms with Crippen molar-refractivity contribution in [2.75, 3.05) is 38.2 Å². The number of anilines is 1. The molecule has 0 bridgehead atoms. The van der Waals surface area contributed by atoms with Gasteiger partial charge in [0.1, 0.15) is 6.33 Å². The molecule has 1 saturated heterocycles. The topological polar surface area (TPSA) is 50.3 Å². The Morgan fingerprint density at radius 3 is 2.80 bits per heavy atom. The third-order valence-corrected chi connectivity index (χ3v) is 2.63. The molecule has 2 heterocycles. The molecule has 1 N–H and O–H groups in total. The van der Waals surface area contributed by atoms with Crippen molar-refractivity contribution >= 4 is 17.4 Å². The minimum Gasteiger partial charge on any atom is -0.490 e. The van der Waals surface area contributed by atoms with Gasteiger partial charge in [0.25, 0.3) is 0 Å². The predicted molar refractivity (Wildman–Crippen MR) is 58.7 cm³/mol. The highest BCUT2D eigenvalue weighted by atomic mass is 35.5. The highest BCUT2D eigenvalue weighted by molar-refractivity contribution is 6.31. The van der Waals surface area contributed by atoms with Gasteiger partial charge in [-0.2, -0.15) is 0 Å². The quantitative estimate of drug-likeness (QED) is 0.750. The number of nitrogens with one attached hydrogen (secondary N) is 1. The molecule has 15 heavy (non-hydrogen) atoms. The van der Waals surface area contributed by atoms with Crippen molar-refractivity contribution < 1.29 is 4.74 Å². The minimum absolute atomic E-state index is 0.362. The number of hydrogen-bond acceptors (Lipinski definition) is 5. The van der Waals surface area contributed by atoms with Crippen LogP contribution < -0.4 is 15.0 Å². The number of aromatic nitrogens is 2. The van der Waals surface area contributed by atoms with Gasteiger partial charge in [-0.15, -0.1) is 0 Å². The molecule has 0 amide bonds. The fourth-order valence-electron chi connectivity index (χ4n) is 1.62. The largest absolute Gasteiger partial charge is 0.490 e. The van der Waals surface area contributed by atoms with Gasteiger partial charge < -0.3 is 15.0 Å². The maximum absolute atomic E-state index is 5.93. The number of ether oxygens (including phenoxy) is 1. The van der Waals surface area contributed by atoms with Crippen LogP contribution in [0.5, 0.6) is 5.75 Å². The second-order valence-electron chi connectivity index (χ2n) is 3.26. The Kier molecular flexibility index (Phi) is 3.23. The first kappa shape index (κ1) is 10.4. The fraction of sp³-hybridized carbons (Fsp3) is 0.556. The van der Waals surface area contributed by atoms with E-state index >= 15 is 0 Å². The van der Waals surface area contributed by atoms with E-state index in [1.807, 2.05) is 0 Å². The average Bonchev–Trinajstić information content (AvgIpc) is 2.30. The van der Waals surface area contributed by atoms with Crippen LogP contribution in [0.15, 0.2) is 6.33 Å². The Hall–Kier alpha value is -1.07. The first-order valence-electron chi connectivity index (χ1n) is 4.83. The summed E-state index contributed by atoms with van der Waals surface area (Å²) in [7, 11) is 1.58.